The molecule has 1 atom stereocenters. The number of aryl methyl sites for hydroxylation is 2. The minimum atomic E-state index is -4.30. The molecule has 3 rings (SSSR count). The third-order valence-corrected chi connectivity index (χ3v) is 8.70. The molecule has 0 bridgehead atoms. The van der Waals surface area contributed by atoms with Crippen molar-refractivity contribution in [3.63, 3.8) is 0 Å². The number of hydrogen-bond donors (Lipinski definition) is 1. The normalized spacial score (nSPS) is 16.8. The van der Waals surface area contributed by atoms with Gasteiger partial charge in [-0.25, -0.2) is 25.6 Å². The molecule has 32 heavy (non-hydrogen) atoms. The van der Waals surface area contributed by atoms with Crippen LogP contribution in [-0.2, 0) is 24.8 Å². The highest BCUT2D eigenvalue weighted by Gasteiger charge is 2.35. The summed E-state index contributed by atoms with van der Waals surface area (Å²) in [6.45, 7) is 3.84. The van der Waals surface area contributed by atoms with Gasteiger partial charge in [0.1, 0.15) is 27.1 Å². The van der Waals surface area contributed by atoms with Crippen LogP contribution in [0.25, 0.3) is 0 Å². The number of amides is 1. The molecule has 0 aliphatic carbocycles. The van der Waals surface area contributed by atoms with E-state index in [0.29, 0.717) is 6.07 Å². The summed E-state index contributed by atoms with van der Waals surface area (Å²) in [6.07, 6.45) is 0. The van der Waals surface area contributed by atoms with Crippen LogP contribution < -0.4 is 4.72 Å². The lowest BCUT2D eigenvalue weighted by Gasteiger charge is -2.35. The lowest BCUT2D eigenvalue weighted by Crippen LogP contribution is -2.55. The third kappa shape index (κ3) is 4.67. The Bertz CT molecular complexity index is 1220. The van der Waals surface area contributed by atoms with Crippen LogP contribution >= 0.6 is 0 Å². The topological polar surface area (TPSA) is 130 Å². The monoisotopic (exact) mass is 492 g/mol. The second-order valence-corrected chi connectivity index (χ2v) is 10.9. The highest BCUT2D eigenvalue weighted by Crippen LogP contribution is 2.22. The standard InChI is InChI=1S/C18H22F2N4O6S2/c1-11-17(13(3)30-21-11)31(26,27)22-12(2)18(25)23-6-8-24(9-7-23)32(28,29)16-10-14(19)4-5-15(16)20/h4-5,10,12,22H,6-9H2,1-3H3/t12-/m0/s1. The van der Waals surface area contributed by atoms with Crippen LogP contribution in [-0.4, -0.2) is 69.3 Å². The fourth-order valence-electron chi connectivity index (χ4n) is 3.44. The van der Waals surface area contributed by atoms with Crippen molar-refractivity contribution < 1.29 is 34.9 Å². The van der Waals surface area contributed by atoms with E-state index < -0.39 is 48.5 Å². The smallest absolute Gasteiger partial charge is 0.246 e. The zero-order valence-corrected chi connectivity index (χ0v) is 19.1. The number of sulfonamides is 2. The molecular weight excluding hydrogens is 470 g/mol. The summed E-state index contributed by atoms with van der Waals surface area (Å²) in [5.74, 6) is -2.45. The van der Waals surface area contributed by atoms with E-state index in [-0.39, 0.29) is 42.5 Å². The molecule has 1 N–H and O–H groups in total. The highest BCUT2D eigenvalue weighted by molar-refractivity contribution is 7.89. The van der Waals surface area contributed by atoms with Crippen LogP contribution in [0.3, 0.4) is 0 Å². The van der Waals surface area contributed by atoms with Crippen molar-refractivity contribution in [3.8, 4) is 0 Å². The molecule has 0 spiro atoms. The van der Waals surface area contributed by atoms with Crippen molar-refractivity contribution in [3.05, 3.63) is 41.3 Å². The van der Waals surface area contributed by atoms with E-state index in [0.717, 1.165) is 16.4 Å². The predicted molar refractivity (Wildman–Crippen MR) is 107 cm³/mol. The predicted octanol–water partition coefficient (Wildman–Crippen LogP) is 0.770. The number of piperazine rings is 1. The second-order valence-electron chi connectivity index (χ2n) is 7.30. The van der Waals surface area contributed by atoms with Crippen LogP contribution in [0.5, 0.6) is 0 Å². The Morgan fingerprint density at radius 1 is 1.12 bits per heavy atom. The molecule has 1 fully saturated rings. The molecule has 1 saturated heterocycles. The molecule has 2 aromatic rings. The van der Waals surface area contributed by atoms with Crippen LogP contribution in [0.2, 0.25) is 0 Å². The van der Waals surface area contributed by atoms with Gasteiger partial charge >= 0.3 is 0 Å². The van der Waals surface area contributed by atoms with Crippen LogP contribution in [0.1, 0.15) is 18.4 Å². The van der Waals surface area contributed by atoms with E-state index >= 15 is 0 Å². The summed E-state index contributed by atoms with van der Waals surface area (Å²) in [5, 5.41) is 3.59. The van der Waals surface area contributed by atoms with E-state index in [1.165, 1.54) is 25.7 Å². The fraction of sp³-hybridized carbons (Fsp3) is 0.444. The number of hydrogen-bond acceptors (Lipinski definition) is 7. The summed E-state index contributed by atoms with van der Waals surface area (Å²) >= 11 is 0. The minimum Gasteiger partial charge on any atom is -0.360 e. The van der Waals surface area contributed by atoms with Gasteiger partial charge in [0.15, 0.2) is 5.76 Å². The number of aromatic nitrogens is 1. The van der Waals surface area contributed by atoms with E-state index in [1.54, 1.807) is 0 Å². The van der Waals surface area contributed by atoms with Gasteiger partial charge in [0, 0.05) is 26.2 Å². The van der Waals surface area contributed by atoms with Crippen molar-refractivity contribution in [2.45, 2.75) is 36.6 Å². The molecule has 1 aliphatic heterocycles. The fourth-order valence-corrected chi connectivity index (χ4v) is 6.46. The molecule has 0 radical (unpaired) electrons. The molecule has 1 aliphatic rings. The Morgan fingerprint density at radius 2 is 1.75 bits per heavy atom. The van der Waals surface area contributed by atoms with Gasteiger partial charge in [0.2, 0.25) is 26.0 Å². The van der Waals surface area contributed by atoms with Crippen molar-refractivity contribution >= 4 is 26.0 Å². The maximum Gasteiger partial charge on any atom is 0.246 e. The van der Waals surface area contributed by atoms with E-state index in [1.807, 2.05) is 0 Å². The quantitative estimate of drug-likeness (QED) is 0.630. The van der Waals surface area contributed by atoms with Gasteiger partial charge in [0.25, 0.3) is 0 Å². The van der Waals surface area contributed by atoms with Crippen molar-refractivity contribution in [2.75, 3.05) is 26.2 Å². The average molecular weight is 493 g/mol. The number of carbonyl (C=O) groups is 1. The first kappa shape index (κ1) is 24.2. The lowest BCUT2D eigenvalue weighted by molar-refractivity contribution is -0.133. The maximum atomic E-state index is 13.9. The maximum absolute atomic E-state index is 13.9. The molecule has 1 aromatic heterocycles. The van der Waals surface area contributed by atoms with Crippen LogP contribution in [0.15, 0.2) is 32.5 Å². The Hall–Kier alpha value is -2.42. The first-order valence-electron chi connectivity index (χ1n) is 9.54. The summed E-state index contributed by atoms with van der Waals surface area (Å²) in [7, 11) is -8.38. The van der Waals surface area contributed by atoms with Gasteiger partial charge < -0.3 is 9.42 Å². The molecule has 176 valence electrons. The lowest BCUT2D eigenvalue weighted by atomic mass is 10.2. The third-order valence-electron chi connectivity index (χ3n) is 5.00. The molecule has 0 saturated carbocycles. The van der Waals surface area contributed by atoms with Gasteiger partial charge in [-0.05, 0) is 39.0 Å². The van der Waals surface area contributed by atoms with Crippen molar-refractivity contribution in [1.29, 1.82) is 0 Å². The zero-order valence-electron chi connectivity index (χ0n) is 17.5. The van der Waals surface area contributed by atoms with Gasteiger partial charge in [-0.3, -0.25) is 4.79 Å². The number of halogens is 2. The van der Waals surface area contributed by atoms with Gasteiger partial charge in [-0.15, -0.1) is 0 Å². The molecular formula is C18H22F2N4O6S2. The summed E-state index contributed by atoms with van der Waals surface area (Å²) in [5.41, 5.74) is 0.151. The SMILES string of the molecule is Cc1noc(C)c1S(=O)(=O)N[C@@H](C)C(=O)N1CCN(S(=O)(=O)c2cc(F)ccc2F)CC1. The second kappa shape index (κ2) is 8.84. The van der Waals surface area contributed by atoms with Crippen LogP contribution in [0.4, 0.5) is 8.78 Å². The molecule has 1 aromatic carbocycles. The average Bonchev–Trinajstić information content (AvgIpc) is 3.07. The molecule has 14 heteroatoms. The summed E-state index contributed by atoms with van der Waals surface area (Å²) in [4.78, 5) is 13.1. The number of nitrogens with zero attached hydrogens (tertiary/aromatic N) is 3. The van der Waals surface area contributed by atoms with E-state index in [9.17, 15) is 30.4 Å². The number of benzene rings is 1. The largest absolute Gasteiger partial charge is 0.360 e. The van der Waals surface area contributed by atoms with Gasteiger partial charge in [0.05, 0.1) is 6.04 Å². The Kier molecular flexibility index (Phi) is 6.70. The minimum absolute atomic E-state index is 0.0492. The van der Waals surface area contributed by atoms with E-state index in [4.69, 9.17) is 4.52 Å². The first-order valence-corrected chi connectivity index (χ1v) is 12.5. The zero-order chi connectivity index (χ0) is 23.8. The Morgan fingerprint density at radius 3 is 2.31 bits per heavy atom. The molecule has 0 unspecified atom stereocenters. The van der Waals surface area contributed by atoms with Gasteiger partial charge in [-0.2, -0.15) is 9.03 Å². The Balaban J connectivity index is 1.67. The Labute approximate surface area is 184 Å². The van der Waals surface area contributed by atoms with Crippen LogP contribution in [0, 0.1) is 25.5 Å². The molecule has 10 nitrogen and oxygen atoms in total. The highest BCUT2D eigenvalue weighted by atomic mass is 32.2. The number of carbonyl (C=O) groups excluding carboxylic acids is 1. The summed E-state index contributed by atoms with van der Waals surface area (Å²) in [6, 6.07) is 1.01. The van der Waals surface area contributed by atoms with Crippen molar-refractivity contribution in [2.24, 2.45) is 0 Å². The van der Waals surface area contributed by atoms with E-state index in [2.05, 4.69) is 9.88 Å². The number of nitrogens with one attached hydrogen (secondary N) is 1. The van der Waals surface area contributed by atoms with Gasteiger partial charge in [-0.1, -0.05) is 5.16 Å². The molecule has 2 heterocycles. The van der Waals surface area contributed by atoms with Crippen molar-refractivity contribution in [1.82, 2.24) is 19.1 Å². The summed E-state index contributed by atoms with van der Waals surface area (Å²) < 4.78 is 86.0. The first-order chi connectivity index (χ1) is 14.8. The molecule has 1 amide bonds. The number of rotatable bonds is 6.